The molecule has 2 aliphatic heterocycles. The van der Waals surface area contributed by atoms with Gasteiger partial charge < -0.3 is 73.9 Å². The van der Waals surface area contributed by atoms with Crippen LogP contribution in [0, 0.1) is 0 Å². The van der Waals surface area contributed by atoms with Gasteiger partial charge in [-0.25, -0.2) is 9.13 Å². The number of aliphatic hydroxyl groups excluding tert-OH is 3. The van der Waals surface area contributed by atoms with Gasteiger partial charge in [-0.15, -0.1) is 0 Å². The number of hydrogen-bond donors (Lipinski definition) is 9. The van der Waals surface area contributed by atoms with Gasteiger partial charge in [-0.2, -0.15) is 0 Å². The van der Waals surface area contributed by atoms with Gasteiger partial charge in [0.25, 0.3) is 0 Å². The van der Waals surface area contributed by atoms with E-state index in [1.54, 1.807) is 0 Å². The molecule has 2 saturated heterocycles. The first-order valence-electron chi connectivity index (χ1n) is 37.2. The van der Waals surface area contributed by atoms with E-state index in [1.165, 1.54) is 25.7 Å². The lowest BCUT2D eigenvalue weighted by Gasteiger charge is -2.47. The lowest BCUT2D eigenvalue weighted by atomic mass is 9.95. The van der Waals surface area contributed by atoms with Crippen LogP contribution in [0.15, 0.2) is 12.2 Å². The quantitative estimate of drug-likeness (QED) is 0.00898. The van der Waals surface area contributed by atoms with Gasteiger partial charge in [0.15, 0.2) is 12.6 Å². The molecule has 0 aromatic carbocycles. The minimum absolute atomic E-state index is 0.0426. The van der Waals surface area contributed by atoms with Gasteiger partial charge in [0.2, 0.25) is 11.8 Å². The smallest absolute Gasteiger partial charge is 0.462 e. The van der Waals surface area contributed by atoms with E-state index in [9.17, 15) is 68.0 Å². The number of esters is 1. The van der Waals surface area contributed by atoms with Crippen molar-refractivity contribution < 1.29 is 105 Å². The molecule has 12 atom stereocenters. The summed E-state index contributed by atoms with van der Waals surface area (Å²) in [4.78, 5) is 109. The van der Waals surface area contributed by atoms with Gasteiger partial charge in [-0.05, 0) is 57.8 Å². The Morgan fingerprint density at radius 1 is 0.469 bits per heavy atom. The summed E-state index contributed by atoms with van der Waals surface area (Å²) in [6, 6.07) is -3.33. The first kappa shape index (κ1) is 89.5. The molecule has 2 amide bonds. The minimum atomic E-state index is -5.52. The number of unbranched alkanes of at least 4 members (excludes halogenated alkanes) is 27. The van der Waals surface area contributed by atoms with Gasteiger partial charge >= 0.3 is 21.6 Å². The number of phosphoric acid groups is 2. The van der Waals surface area contributed by atoms with Gasteiger partial charge in [-0.1, -0.05) is 220 Å². The minimum Gasteiger partial charge on any atom is -0.462 e. The maximum Gasteiger partial charge on any atom is 0.472 e. The van der Waals surface area contributed by atoms with Crippen molar-refractivity contribution in [3.63, 3.8) is 0 Å². The molecule has 0 spiro atoms. The molecule has 0 unspecified atom stereocenters. The zero-order valence-corrected chi connectivity index (χ0v) is 61.0. The van der Waals surface area contributed by atoms with Crippen LogP contribution in [-0.2, 0) is 70.6 Å². The maximum atomic E-state index is 14.2. The van der Waals surface area contributed by atoms with Crippen LogP contribution in [0.4, 0.5) is 0 Å². The second-order valence-corrected chi connectivity index (χ2v) is 28.8. The molecule has 2 fully saturated rings. The Morgan fingerprint density at radius 3 is 1.39 bits per heavy atom. The van der Waals surface area contributed by atoms with E-state index in [0.29, 0.717) is 44.9 Å². The molecule has 9 N–H and O–H groups in total. The molecule has 2 aliphatic rings. The van der Waals surface area contributed by atoms with Crippen LogP contribution in [0.3, 0.4) is 0 Å². The fourth-order valence-electron chi connectivity index (χ4n) is 12.1. The number of ketones is 2. The monoisotopic (exact) mass is 1410 g/mol. The van der Waals surface area contributed by atoms with Crippen molar-refractivity contribution in [2.24, 2.45) is 0 Å². The predicted molar refractivity (Wildman–Crippen MR) is 367 cm³/mol. The average Bonchev–Trinajstić information content (AvgIpc) is 0.789. The van der Waals surface area contributed by atoms with Crippen LogP contribution in [0.5, 0.6) is 0 Å². The summed E-state index contributed by atoms with van der Waals surface area (Å²) in [7, 11) is -11.0. The summed E-state index contributed by atoms with van der Waals surface area (Å²) in [6.45, 7) is 8.32. The zero-order valence-electron chi connectivity index (χ0n) is 59.3. The van der Waals surface area contributed by atoms with Gasteiger partial charge in [0, 0.05) is 32.3 Å². The number of hydrogen-bond acceptors (Lipinski definition) is 18. The zero-order chi connectivity index (χ0) is 70.8. The van der Waals surface area contributed by atoms with E-state index in [4.69, 9.17) is 37.5 Å². The maximum absolute atomic E-state index is 14.2. The van der Waals surface area contributed by atoms with Gasteiger partial charge in [0.05, 0.1) is 38.8 Å². The summed E-state index contributed by atoms with van der Waals surface area (Å²) in [5.74, 6) is -2.96. The SMILES string of the molecule is CCCC/C=C\CCCC(=O)O[C@H](CCCCCCC)CCO[C@@H]1[C@@H](NC(=O)CC(=O)CCCCCCCCCCC)[C@H](OC[C@H]2O[C@H](OP(=O)(O)O)[C@H](NC(=O)CC(=O)CCCCCCCCCCC)[C@@H](OCC[C@H](O)CCCCCCC)[C@@H]2O)O[C@H](CO)[C@H]1OP(=O)(O)O. The van der Waals surface area contributed by atoms with Crippen molar-refractivity contribution in [1.29, 1.82) is 0 Å². The van der Waals surface area contributed by atoms with Crippen LogP contribution >= 0.6 is 15.6 Å². The first-order valence-corrected chi connectivity index (χ1v) is 40.2. The Kier molecular flexibility index (Phi) is 51.3. The number of carbonyl (C=O) groups is 5. The van der Waals surface area contributed by atoms with Crippen molar-refractivity contribution in [2.75, 3.05) is 26.4 Å². The highest BCUT2D eigenvalue weighted by Crippen LogP contribution is 2.44. The number of Topliss-reactive ketones (excluding diaryl/α,β-unsaturated/α-hetero) is 2. The molecule has 0 aromatic heterocycles. The summed E-state index contributed by atoms with van der Waals surface area (Å²) in [5, 5.41) is 39.4. The third-order valence-corrected chi connectivity index (χ3v) is 18.6. The van der Waals surface area contributed by atoms with Crippen LogP contribution in [0.1, 0.15) is 304 Å². The topological polar surface area (TPSA) is 359 Å². The highest BCUT2D eigenvalue weighted by atomic mass is 31.2. The van der Waals surface area contributed by atoms with Crippen molar-refractivity contribution in [2.45, 2.75) is 378 Å². The van der Waals surface area contributed by atoms with E-state index in [2.05, 4.69) is 51.3 Å². The van der Waals surface area contributed by atoms with Crippen molar-refractivity contribution in [1.82, 2.24) is 10.6 Å². The van der Waals surface area contributed by atoms with Crippen LogP contribution in [-0.4, -0.2) is 164 Å². The molecule has 96 heavy (non-hydrogen) atoms. The fourth-order valence-corrected chi connectivity index (χ4v) is 13.2. The Morgan fingerprint density at radius 2 is 0.896 bits per heavy atom. The average molecular weight is 1410 g/mol. The number of aliphatic hydroxyl groups is 3. The summed E-state index contributed by atoms with van der Waals surface area (Å²) in [5.41, 5.74) is 0. The number of amides is 2. The van der Waals surface area contributed by atoms with Crippen LogP contribution in [0.25, 0.3) is 0 Å². The molecule has 0 aliphatic carbocycles. The molecule has 0 radical (unpaired) electrons. The van der Waals surface area contributed by atoms with Crippen molar-refractivity contribution >= 4 is 45.0 Å². The van der Waals surface area contributed by atoms with Crippen LogP contribution in [0.2, 0.25) is 0 Å². The Hall–Kier alpha value is -2.61. The molecule has 0 saturated carbocycles. The highest BCUT2D eigenvalue weighted by molar-refractivity contribution is 7.46. The normalized spacial score (nSPS) is 22.3. The highest BCUT2D eigenvalue weighted by Gasteiger charge is 2.53. The number of nitrogens with one attached hydrogen (secondary N) is 2. The Labute approximate surface area is 575 Å². The number of phosphoric ester groups is 2. The summed E-state index contributed by atoms with van der Waals surface area (Å²) < 4.78 is 73.2. The molecule has 0 aromatic rings. The second kappa shape index (κ2) is 55.1. The van der Waals surface area contributed by atoms with E-state index in [1.807, 2.05) is 6.08 Å². The Bertz CT molecular complexity index is 2170. The molecule has 24 nitrogen and oxygen atoms in total. The van der Waals surface area contributed by atoms with Gasteiger partial charge in [-0.3, -0.25) is 33.0 Å². The molecule has 2 rings (SSSR count). The largest absolute Gasteiger partial charge is 0.472 e. The lowest BCUT2D eigenvalue weighted by molar-refractivity contribution is -0.300. The molecular weight excluding hydrogens is 1280 g/mol. The molecule has 26 heteroatoms. The molecular formula is C70H130N2O22P2. The first-order chi connectivity index (χ1) is 46.1. The van der Waals surface area contributed by atoms with Crippen molar-refractivity contribution in [3.8, 4) is 0 Å². The third-order valence-electron chi connectivity index (χ3n) is 17.6. The van der Waals surface area contributed by atoms with Gasteiger partial charge in [0.1, 0.15) is 66.4 Å². The number of rotatable bonds is 62. The Balaban J connectivity index is 2.61. The lowest BCUT2D eigenvalue weighted by Crippen LogP contribution is -2.67. The third kappa shape index (κ3) is 43.3. The second-order valence-electron chi connectivity index (χ2n) is 26.4. The summed E-state index contributed by atoms with van der Waals surface area (Å²) in [6.07, 6.45) is 20.1. The molecule has 562 valence electrons. The number of carbonyl (C=O) groups excluding carboxylic acids is 5. The molecule has 0 bridgehead atoms. The van der Waals surface area contributed by atoms with E-state index in [-0.39, 0.29) is 45.3 Å². The predicted octanol–water partition coefficient (Wildman–Crippen LogP) is 12.6. The number of ether oxygens (including phenoxy) is 6. The van der Waals surface area contributed by atoms with Crippen molar-refractivity contribution in [3.05, 3.63) is 12.2 Å². The van der Waals surface area contributed by atoms with E-state index < -0.39 is 145 Å². The standard InChI is InChI=1S/C70H130N2O22P2/c1-6-11-16-21-24-26-29-33-37-42-55(75)50-60(77)71-63-67(87-48-46-54(74)41-36-31-19-14-9-4)65(80)59(92-70(63)94-96(84,85)86)53-89-69-64(72-61(78)51-56(76)43-38-34-30-27-25-22-17-12-7-2)68(66(58(52-73)91-69)93-95(81,82)83)88-49-47-57(44-39-32-20-15-10-5)90-62(79)45-40-35-28-23-18-13-8-3/h23,28,54,57-59,63-70,73-74,80H,6-22,24-27,29-53H2,1-5H3,(H,71,77)(H,72,78)(H2,81,82,83)(H2,84,85,86)/b28-23-/t54-,57-,58-,59-,63-,64-,65-,66-,67-,68-,69-,70-/m1/s1. The van der Waals surface area contributed by atoms with E-state index >= 15 is 0 Å². The van der Waals surface area contributed by atoms with E-state index in [0.717, 1.165) is 154 Å². The summed E-state index contributed by atoms with van der Waals surface area (Å²) >= 11 is 0. The van der Waals surface area contributed by atoms with Crippen LogP contribution < -0.4 is 10.6 Å². The fraction of sp³-hybridized carbons (Fsp3) is 0.900. The number of allylic oxidation sites excluding steroid dienone is 2. The molecule has 2 heterocycles.